The molecule has 0 aromatic rings. The Hall–Kier alpha value is -0.0800. The highest BCUT2D eigenvalue weighted by Crippen LogP contribution is 2.77. The minimum atomic E-state index is -0.133. The zero-order chi connectivity index (χ0) is 23.3. The van der Waals surface area contributed by atoms with Gasteiger partial charge in [-0.15, -0.1) is 0 Å². The normalized spacial score (nSPS) is 57.7. The average molecular weight is 445 g/mol. The van der Waals surface area contributed by atoms with Gasteiger partial charge in [0, 0.05) is 6.61 Å². The Labute approximate surface area is 198 Å². The van der Waals surface area contributed by atoms with Crippen LogP contribution in [0.1, 0.15) is 113 Å². The van der Waals surface area contributed by atoms with E-state index in [4.69, 9.17) is 0 Å². The largest absolute Gasteiger partial charge is 0.396 e. The van der Waals surface area contributed by atoms with E-state index in [0.29, 0.717) is 46.0 Å². The first-order valence-electron chi connectivity index (χ1n) is 14.1. The van der Waals surface area contributed by atoms with E-state index in [-0.39, 0.29) is 11.5 Å². The van der Waals surface area contributed by atoms with E-state index in [1.807, 2.05) is 0 Å². The molecule has 0 amide bonds. The van der Waals surface area contributed by atoms with Crippen LogP contribution < -0.4 is 0 Å². The first-order chi connectivity index (χ1) is 14.8. The molecule has 0 heterocycles. The second-order valence-electron chi connectivity index (χ2n) is 15.1. The lowest BCUT2D eigenvalue weighted by molar-refractivity contribution is -0.248. The maximum Gasteiger partial charge on any atom is 0.0594 e. The number of rotatable bonds is 2. The Morgan fingerprint density at radius 1 is 0.750 bits per heavy atom. The summed E-state index contributed by atoms with van der Waals surface area (Å²) in [6.07, 6.45) is 13.0. The van der Waals surface area contributed by atoms with Crippen molar-refractivity contribution in [2.24, 2.45) is 62.6 Å². The standard InChI is InChI=1S/C30H52O2/c1-19(18-31)20-10-13-27(4)16-17-29(6)21(25(20)27)8-9-23-28(5)14-12-24(32)26(2,3)22(28)11-15-30(23,29)7/h19-25,31-32H,8-18H2,1-7H3/t19-,20-,21+,22-,23+,24-,25+,27+,28-,29+,30+/m0/s1. The molecule has 5 saturated carbocycles. The SMILES string of the molecule is C[C@@H](CO)[C@@H]1CC[C@]2(C)CC[C@]3(C)[C@H](CC[C@@H]4[C@@]5(C)CC[C@H](O)C(C)(C)[C@@H]5CC[C@]43C)[C@@H]12. The van der Waals surface area contributed by atoms with Crippen LogP contribution in [0.5, 0.6) is 0 Å². The Morgan fingerprint density at radius 2 is 1.47 bits per heavy atom. The van der Waals surface area contributed by atoms with Crippen LogP contribution >= 0.6 is 0 Å². The smallest absolute Gasteiger partial charge is 0.0594 e. The van der Waals surface area contributed by atoms with Gasteiger partial charge in [-0.2, -0.15) is 0 Å². The maximum atomic E-state index is 10.9. The van der Waals surface area contributed by atoms with Crippen molar-refractivity contribution in [2.45, 2.75) is 119 Å². The molecular weight excluding hydrogens is 392 g/mol. The van der Waals surface area contributed by atoms with E-state index >= 15 is 0 Å². The topological polar surface area (TPSA) is 40.5 Å². The predicted octanol–water partition coefficient (Wildman–Crippen LogP) is 7.08. The maximum absolute atomic E-state index is 10.9. The van der Waals surface area contributed by atoms with Crippen LogP contribution in [-0.2, 0) is 0 Å². The zero-order valence-electron chi connectivity index (χ0n) is 22.2. The first-order valence-corrected chi connectivity index (χ1v) is 14.1. The zero-order valence-corrected chi connectivity index (χ0v) is 22.2. The number of fused-ring (bicyclic) bond motifs is 7. The number of aliphatic hydroxyl groups is 2. The number of aliphatic hydroxyl groups excluding tert-OH is 2. The molecule has 0 unspecified atom stereocenters. The predicted molar refractivity (Wildman–Crippen MR) is 132 cm³/mol. The Bertz CT molecular complexity index is 745. The van der Waals surface area contributed by atoms with E-state index < -0.39 is 0 Å². The third kappa shape index (κ3) is 2.78. The van der Waals surface area contributed by atoms with Crippen LogP contribution in [0, 0.1) is 62.6 Å². The fourth-order valence-corrected chi connectivity index (χ4v) is 11.8. The molecule has 5 fully saturated rings. The van der Waals surface area contributed by atoms with E-state index in [1.54, 1.807) is 0 Å². The van der Waals surface area contributed by atoms with E-state index in [9.17, 15) is 10.2 Å². The van der Waals surface area contributed by atoms with Gasteiger partial charge in [0.15, 0.2) is 0 Å². The molecule has 0 saturated heterocycles. The third-order valence-electron chi connectivity index (χ3n) is 13.9. The van der Waals surface area contributed by atoms with Crippen LogP contribution in [0.4, 0.5) is 0 Å². The van der Waals surface area contributed by atoms with Crippen molar-refractivity contribution in [1.82, 2.24) is 0 Å². The summed E-state index contributed by atoms with van der Waals surface area (Å²) >= 11 is 0. The van der Waals surface area contributed by atoms with Crippen molar-refractivity contribution in [2.75, 3.05) is 6.61 Å². The van der Waals surface area contributed by atoms with Gasteiger partial charge < -0.3 is 10.2 Å². The highest BCUT2D eigenvalue weighted by Gasteiger charge is 2.70. The van der Waals surface area contributed by atoms with Crippen LogP contribution in [0.15, 0.2) is 0 Å². The average Bonchev–Trinajstić information content (AvgIpc) is 3.09. The molecule has 5 aliphatic rings. The van der Waals surface area contributed by atoms with E-state index in [0.717, 1.165) is 24.2 Å². The van der Waals surface area contributed by atoms with Gasteiger partial charge in [-0.05, 0) is 127 Å². The third-order valence-corrected chi connectivity index (χ3v) is 13.9. The lowest BCUT2D eigenvalue weighted by atomic mass is 9.32. The van der Waals surface area contributed by atoms with Gasteiger partial charge in [-0.25, -0.2) is 0 Å². The van der Waals surface area contributed by atoms with Crippen molar-refractivity contribution in [3.05, 3.63) is 0 Å². The highest BCUT2D eigenvalue weighted by molar-refractivity contribution is 5.19. The quantitative estimate of drug-likeness (QED) is 0.478. The lowest BCUT2D eigenvalue weighted by Gasteiger charge is -2.73. The summed E-state index contributed by atoms with van der Waals surface area (Å²) in [6.45, 7) is 18.1. The van der Waals surface area contributed by atoms with Gasteiger partial charge in [0.05, 0.1) is 6.10 Å². The lowest BCUT2D eigenvalue weighted by Crippen LogP contribution is -2.66. The van der Waals surface area contributed by atoms with Crippen molar-refractivity contribution in [3.63, 3.8) is 0 Å². The molecule has 0 radical (unpaired) electrons. The molecule has 2 nitrogen and oxygen atoms in total. The highest BCUT2D eigenvalue weighted by atomic mass is 16.3. The van der Waals surface area contributed by atoms with Crippen molar-refractivity contribution < 1.29 is 10.2 Å². The van der Waals surface area contributed by atoms with Gasteiger partial charge >= 0.3 is 0 Å². The fraction of sp³-hybridized carbons (Fsp3) is 1.00. The summed E-state index contributed by atoms with van der Waals surface area (Å²) in [5.41, 5.74) is 1.75. The van der Waals surface area contributed by atoms with Crippen LogP contribution in [0.25, 0.3) is 0 Å². The van der Waals surface area contributed by atoms with Gasteiger partial charge in [0.1, 0.15) is 0 Å². The Balaban J connectivity index is 1.53. The monoisotopic (exact) mass is 444 g/mol. The molecule has 0 bridgehead atoms. The summed E-state index contributed by atoms with van der Waals surface area (Å²) < 4.78 is 0. The second kappa shape index (κ2) is 7.22. The molecule has 5 aliphatic carbocycles. The summed E-state index contributed by atoms with van der Waals surface area (Å²) in [5, 5.41) is 21.0. The van der Waals surface area contributed by atoms with Crippen LogP contribution in [-0.4, -0.2) is 22.9 Å². The van der Waals surface area contributed by atoms with Crippen LogP contribution in [0.3, 0.4) is 0 Å². The number of hydrogen-bond acceptors (Lipinski definition) is 2. The van der Waals surface area contributed by atoms with Crippen LogP contribution in [0.2, 0.25) is 0 Å². The van der Waals surface area contributed by atoms with Gasteiger partial charge in [0.2, 0.25) is 0 Å². The molecular formula is C30H52O2. The summed E-state index contributed by atoms with van der Waals surface area (Å²) in [5.74, 6) is 4.23. The minimum absolute atomic E-state index is 0.0460. The van der Waals surface area contributed by atoms with Gasteiger partial charge in [-0.1, -0.05) is 48.5 Å². The molecule has 2 N–H and O–H groups in total. The molecule has 184 valence electrons. The molecule has 0 spiro atoms. The molecule has 32 heavy (non-hydrogen) atoms. The van der Waals surface area contributed by atoms with Crippen molar-refractivity contribution >= 4 is 0 Å². The molecule has 0 aromatic carbocycles. The van der Waals surface area contributed by atoms with E-state index in [2.05, 4.69) is 48.5 Å². The first kappa shape index (κ1) is 23.7. The molecule has 5 rings (SSSR count). The second-order valence-corrected chi connectivity index (χ2v) is 15.1. The van der Waals surface area contributed by atoms with Crippen molar-refractivity contribution in [3.8, 4) is 0 Å². The van der Waals surface area contributed by atoms with Gasteiger partial charge in [-0.3, -0.25) is 0 Å². The summed E-state index contributed by atoms with van der Waals surface area (Å²) in [6, 6.07) is 0. The molecule has 0 aliphatic heterocycles. The van der Waals surface area contributed by atoms with Crippen molar-refractivity contribution in [1.29, 1.82) is 0 Å². The Kier molecular flexibility index (Phi) is 5.34. The molecule has 2 heteroatoms. The summed E-state index contributed by atoms with van der Waals surface area (Å²) in [4.78, 5) is 0. The molecule has 0 aromatic heterocycles. The fourth-order valence-electron chi connectivity index (χ4n) is 11.8. The van der Waals surface area contributed by atoms with E-state index in [1.165, 1.54) is 57.8 Å². The Morgan fingerprint density at radius 3 is 2.16 bits per heavy atom. The van der Waals surface area contributed by atoms with Gasteiger partial charge in [0.25, 0.3) is 0 Å². The molecule has 11 atom stereocenters. The minimum Gasteiger partial charge on any atom is -0.396 e. The summed E-state index contributed by atoms with van der Waals surface area (Å²) in [7, 11) is 0. The number of hydrogen-bond donors (Lipinski definition) is 2.